The Morgan fingerprint density at radius 3 is 2.08 bits per heavy atom. The number of H-pyrrole nitrogens is 1. The van der Waals surface area contributed by atoms with Crippen molar-refractivity contribution in [2.75, 3.05) is 0 Å². The van der Waals surface area contributed by atoms with Gasteiger partial charge >= 0.3 is 17.9 Å². The molecule has 212 valence electrons. The lowest BCUT2D eigenvalue weighted by Gasteiger charge is -2.26. The van der Waals surface area contributed by atoms with Crippen LogP contribution in [0.4, 0.5) is 0 Å². The lowest BCUT2D eigenvalue weighted by atomic mass is 10.0. The summed E-state index contributed by atoms with van der Waals surface area (Å²) < 4.78 is 0. The van der Waals surface area contributed by atoms with Gasteiger partial charge in [-0.2, -0.15) is 0 Å². The molecular weight excluding hydrogens is 514 g/mol. The van der Waals surface area contributed by atoms with Crippen LogP contribution in [0, 0.1) is 5.92 Å². The van der Waals surface area contributed by atoms with Crippen LogP contribution in [0.15, 0.2) is 30.5 Å². The molecule has 1 aromatic heterocycles. The molecule has 4 atom stereocenters. The molecule has 14 heteroatoms. The van der Waals surface area contributed by atoms with Crippen LogP contribution >= 0.6 is 0 Å². The zero-order chi connectivity index (χ0) is 29.3. The molecule has 0 aliphatic carbocycles. The molecule has 14 nitrogen and oxygen atoms in total. The number of aromatic amines is 1. The third-order valence-corrected chi connectivity index (χ3v) is 5.97. The van der Waals surface area contributed by atoms with Gasteiger partial charge in [0.05, 0.1) is 12.5 Å². The van der Waals surface area contributed by atoms with E-state index >= 15 is 0 Å². The number of amides is 3. The fourth-order valence-electron chi connectivity index (χ4n) is 3.87. The number of nitrogens with one attached hydrogen (secondary N) is 4. The Kier molecular flexibility index (Phi) is 11.0. The first-order chi connectivity index (χ1) is 18.3. The van der Waals surface area contributed by atoms with E-state index in [9.17, 15) is 33.9 Å². The summed E-state index contributed by atoms with van der Waals surface area (Å²) in [7, 11) is 0. The van der Waals surface area contributed by atoms with Gasteiger partial charge in [-0.15, -0.1) is 0 Å². The molecule has 0 bridgehead atoms. The number of rotatable bonds is 15. The van der Waals surface area contributed by atoms with Crippen LogP contribution in [-0.4, -0.2) is 80.1 Å². The number of nitrogens with two attached hydrogens (primary N) is 1. The SMILES string of the molecule is CC(C)C(NC(=O)C(Cc1c[nH]c2ccccc12)NC(=O)C(CCC(=O)O)NC(=O)C(N)CC(=O)O)C(=O)O. The molecule has 0 radical (unpaired) electrons. The first-order valence-corrected chi connectivity index (χ1v) is 12.2. The van der Waals surface area contributed by atoms with E-state index < -0.39 is 78.6 Å². The molecular formula is C25H33N5O9. The Balaban J connectivity index is 2.34. The summed E-state index contributed by atoms with van der Waals surface area (Å²) in [6.07, 6.45) is -0.0540. The molecule has 39 heavy (non-hydrogen) atoms. The van der Waals surface area contributed by atoms with Gasteiger partial charge in [0.2, 0.25) is 17.7 Å². The Morgan fingerprint density at radius 2 is 1.49 bits per heavy atom. The molecule has 2 rings (SSSR count). The number of fused-ring (bicyclic) bond motifs is 1. The molecule has 1 aromatic carbocycles. The number of hydrogen-bond donors (Lipinski definition) is 8. The molecule has 0 aliphatic heterocycles. The van der Waals surface area contributed by atoms with Crippen molar-refractivity contribution in [3.63, 3.8) is 0 Å². The van der Waals surface area contributed by atoms with Crippen molar-refractivity contribution in [2.45, 2.75) is 63.7 Å². The summed E-state index contributed by atoms with van der Waals surface area (Å²) >= 11 is 0. The Bertz CT molecular complexity index is 1230. The Hall–Kier alpha value is -4.46. The van der Waals surface area contributed by atoms with Crippen molar-refractivity contribution < 1.29 is 44.1 Å². The number of carboxylic acids is 3. The minimum atomic E-state index is -1.50. The standard InChI is InChI=1S/C25H33N5O9/c1-12(2)21(25(38)39)30-24(37)18(9-13-11-27-16-6-4-3-5-14(13)16)29-23(36)17(7-8-19(31)32)28-22(35)15(26)10-20(33)34/h3-6,11-12,15,17-18,21,27H,7-10,26H2,1-2H3,(H,28,35)(H,29,36)(H,30,37)(H,31,32)(H,33,34)(H,38,39). The molecule has 4 unspecified atom stereocenters. The van der Waals surface area contributed by atoms with Crippen LogP contribution in [0.25, 0.3) is 10.9 Å². The number of para-hydroxylation sites is 1. The van der Waals surface area contributed by atoms with Gasteiger partial charge in [-0.3, -0.25) is 24.0 Å². The fraction of sp³-hybridized carbons (Fsp3) is 0.440. The zero-order valence-corrected chi connectivity index (χ0v) is 21.5. The maximum absolute atomic E-state index is 13.2. The molecule has 0 saturated carbocycles. The van der Waals surface area contributed by atoms with Gasteiger partial charge in [-0.1, -0.05) is 32.0 Å². The normalized spacial score (nSPS) is 14.2. The average molecular weight is 548 g/mol. The van der Waals surface area contributed by atoms with Gasteiger partial charge in [-0.05, 0) is 24.0 Å². The zero-order valence-electron chi connectivity index (χ0n) is 21.5. The lowest BCUT2D eigenvalue weighted by Crippen LogP contribution is -2.58. The molecule has 0 aliphatic rings. The van der Waals surface area contributed by atoms with Crippen LogP contribution in [0.1, 0.15) is 38.7 Å². The van der Waals surface area contributed by atoms with Crippen molar-refractivity contribution in [1.29, 1.82) is 0 Å². The van der Waals surface area contributed by atoms with Crippen LogP contribution in [0.3, 0.4) is 0 Å². The maximum Gasteiger partial charge on any atom is 0.326 e. The van der Waals surface area contributed by atoms with Crippen molar-refractivity contribution in [3.8, 4) is 0 Å². The minimum Gasteiger partial charge on any atom is -0.481 e. The summed E-state index contributed by atoms with van der Waals surface area (Å²) in [6, 6.07) is 1.66. The first kappa shape index (κ1) is 30.8. The van der Waals surface area contributed by atoms with Gasteiger partial charge in [0.1, 0.15) is 18.1 Å². The highest BCUT2D eigenvalue weighted by molar-refractivity contribution is 5.95. The summed E-state index contributed by atoms with van der Waals surface area (Å²) in [6.45, 7) is 3.20. The quantitative estimate of drug-likeness (QED) is 0.143. The van der Waals surface area contributed by atoms with Gasteiger partial charge < -0.3 is 42.0 Å². The molecule has 9 N–H and O–H groups in total. The number of hydrogen-bond acceptors (Lipinski definition) is 7. The van der Waals surface area contributed by atoms with E-state index in [-0.39, 0.29) is 12.8 Å². The van der Waals surface area contributed by atoms with E-state index in [1.165, 1.54) is 0 Å². The van der Waals surface area contributed by atoms with E-state index in [2.05, 4.69) is 20.9 Å². The average Bonchev–Trinajstić information content (AvgIpc) is 3.26. The minimum absolute atomic E-state index is 0.0653. The van der Waals surface area contributed by atoms with E-state index in [0.717, 1.165) is 10.9 Å². The summed E-state index contributed by atoms with van der Waals surface area (Å²) in [5.41, 5.74) is 6.97. The second-order valence-corrected chi connectivity index (χ2v) is 9.39. The van der Waals surface area contributed by atoms with Crippen LogP contribution in [0.5, 0.6) is 0 Å². The number of carbonyl (C=O) groups is 6. The molecule has 0 spiro atoms. The Labute approximate surface area is 223 Å². The summed E-state index contributed by atoms with van der Waals surface area (Å²) in [4.78, 5) is 75.6. The van der Waals surface area contributed by atoms with E-state index in [1.807, 2.05) is 6.07 Å². The monoisotopic (exact) mass is 547 g/mol. The highest BCUT2D eigenvalue weighted by Crippen LogP contribution is 2.19. The van der Waals surface area contributed by atoms with Gasteiger partial charge in [0.25, 0.3) is 0 Å². The molecule has 0 saturated heterocycles. The highest BCUT2D eigenvalue weighted by Gasteiger charge is 2.32. The summed E-state index contributed by atoms with van der Waals surface area (Å²) in [5, 5.41) is 35.4. The largest absolute Gasteiger partial charge is 0.481 e. The number of aromatic nitrogens is 1. The van der Waals surface area contributed by atoms with Crippen molar-refractivity contribution in [1.82, 2.24) is 20.9 Å². The van der Waals surface area contributed by atoms with Crippen molar-refractivity contribution in [2.24, 2.45) is 11.7 Å². The number of aliphatic carboxylic acids is 3. The fourth-order valence-corrected chi connectivity index (χ4v) is 3.87. The summed E-state index contributed by atoms with van der Waals surface area (Å²) in [5.74, 6) is -7.08. The van der Waals surface area contributed by atoms with Crippen LogP contribution in [-0.2, 0) is 35.2 Å². The number of carbonyl (C=O) groups excluding carboxylic acids is 3. The topological polar surface area (TPSA) is 241 Å². The molecule has 0 fully saturated rings. The molecule has 3 amide bonds. The van der Waals surface area contributed by atoms with Gasteiger partial charge in [-0.25, -0.2) is 4.79 Å². The van der Waals surface area contributed by atoms with Crippen LogP contribution < -0.4 is 21.7 Å². The maximum atomic E-state index is 13.2. The second kappa shape index (κ2) is 13.9. The predicted octanol–water partition coefficient (Wildman–Crippen LogP) is -0.428. The van der Waals surface area contributed by atoms with Gasteiger partial charge in [0.15, 0.2) is 0 Å². The number of carboxylic acid groups (broad SMARTS) is 3. The Morgan fingerprint density at radius 1 is 0.872 bits per heavy atom. The van der Waals surface area contributed by atoms with Crippen LogP contribution in [0.2, 0.25) is 0 Å². The van der Waals surface area contributed by atoms with Crippen molar-refractivity contribution in [3.05, 3.63) is 36.0 Å². The third kappa shape index (κ3) is 9.10. The van der Waals surface area contributed by atoms with Gasteiger partial charge in [0, 0.05) is 29.9 Å². The number of benzene rings is 1. The molecule has 1 heterocycles. The first-order valence-electron chi connectivity index (χ1n) is 12.2. The highest BCUT2D eigenvalue weighted by atomic mass is 16.4. The third-order valence-electron chi connectivity index (χ3n) is 5.97. The lowest BCUT2D eigenvalue weighted by molar-refractivity contribution is -0.143. The van der Waals surface area contributed by atoms with Crippen molar-refractivity contribution >= 4 is 46.5 Å². The van der Waals surface area contributed by atoms with E-state index in [4.69, 9.17) is 15.9 Å². The smallest absolute Gasteiger partial charge is 0.326 e. The second-order valence-electron chi connectivity index (χ2n) is 9.39. The predicted molar refractivity (Wildman–Crippen MR) is 137 cm³/mol. The molecule has 2 aromatic rings. The van der Waals surface area contributed by atoms with E-state index in [1.54, 1.807) is 38.2 Å². The van der Waals surface area contributed by atoms with E-state index in [0.29, 0.717) is 5.56 Å².